The van der Waals surface area contributed by atoms with Crippen LogP contribution in [0.4, 0.5) is 0 Å². The molecule has 1 heterocycles. The molecule has 0 aliphatic heterocycles. The van der Waals surface area contributed by atoms with Crippen molar-refractivity contribution in [3.8, 4) is 0 Å². The van der Waals surface area contributed by atoms with E-state index in [2.05, 4.69) is 26.8 Å². The van der Waals surface area contributed by atoms with Crippen LogP contribution >= 0.6 is 11.3 Å². The molecule has 1 aromatic heterocycles. The molecule has 0 N–H and O–H groups in total. The Morgan fingerprint density at radius 2 is 1.94 bits per heavy atom. The molecule has 100 valence electrons. The minimum atomic E-state index is 0.161. The molecular formula is C16H24OS. The SMILES string of the molecule is CC(C)(C)c1ccc(C(=O)CCC2CCCC2)s1. The van der Waals surface area contributed by atoms with E-state index in [1.807, 2.05) is 6.07 Å². The van der Waals surface area contributed by atoms with E-state index in [1.165, 1.54) is 30.6 Å². The fraction of sp³-hybridized carbons (Fsp3) is 0.688. The second-order valence-corrected chi connectivity index (χ2v) is 7.61. The number of thiophene rings is 1. The van der Waals surface area contributed by atoms with E-state index in [1.54, 1.807) is 11.3 Å². The molecule has 1 aromatic rings. The van der Waals surface area contributed by atoms with E-state index in [4.69, 9.17) is 0 Å². The Balaban J connectivity index is 1.90. The standard InChI is InChI=1S/C16H24OS/c1-16(2,3)15-11-10-14(18-15)13(17)9-8-12-6-4-5-7-12/h10-12H,4-9H2,1-3H3. The first-order valence-corrected chi connectivity index (χ1v) is 7.92. The van der Waals surface area contributed by atoms with Gasteiger partial charge in [0.05, 0.1) is 4.88 Å². The van der Waals surface area contributed by atoms with E-state index in [0.717, 1.165) is 23.6 Å². The zero-order valence-corrected chi connectivity index (χ0v) is 12.6. The summed E-state index contributed by atoms with van der Waals surface area (Å²) in [4.78, 5) is 14.4. The molecule has 0 aromatic carbocycles. The van der Waals surface area contributed by atoms with Crippen LogP contribution in [0, 0.1) is 5.92 Å². The van der Waals surface area contributed by atoms with Crippen molar-refractivity contribution in [2.75, 3.05) is 0 Å². The Morgan fingerprint density at radius 3 is 2.50 bits per heavy atom. The Bertz CT molecular complexity index is 405. The van der Waals surface area contributed by atoms with Crippen LogP contribution < -0.4 is 0 Å². The van der Waals surface area contributed by atoms with Crippen LogP contribution in [0.2, 0.25) is 0 Å². The first kappa shape index (κ1) is 13.8. The number of hydrogen-bond acceptors (Lipinski definition) is 2. The van der Waals surface area contributed by atoms with Crippen molar-refractivity contribution in [3.63, 3.8) is 0 Å². The highest BCUT2D eigenvalue weighted by molar-refractivity contribution is 7.14. The summed E-state index contributed by atoms with van der Waals surface area (Å²) in [7, 11) is 0. The quantitative estimate of drug-likeness (QED) is 0.683. The molecule has 18 heavy (non-hydrogen) atoms. The molecule has 1 saturated carbocycles. The second-order valence-electron chi connectivity index (χ2n) is 6.53. The lowest BCUT2D eigenvalue weighted by atomic mass is 9.95. The van der Waals surface area contributed by atoms with Crippen molar-refractivity contribution in [3.05, 3.63) is 21.9 Å². The predicted octanol–water partition coefficient (Wildman–Crippen LogP) is 5.20. The summed E-state index contributed by atoms with van der Waals surface area (Å²) in [5.74, 6) is 1.17. The first-order valence-electron chi connectivity index (χ1n) is 7.10. The third-order valence-corrected chi connectivity index (χ3v) is 5.43. The average molecular weight is 264 g/mol. The largest absolute Gasteiger partial charge is 0.293 e. The van der Waals surface area contributed by atoms with Gasteiger partial charge >= 0.3 is 0 Å². The molecule has 0 amide bonds. The number of hydrogen-bond donors (Lipinski definition) is 0. The van der Waals surface area contributed by atoms with Crippen molar-refractivity contribution >= 4 is 17.1 Å². The van der Waals surface area contributed by atoms with E-state index >= 15 is 0 Å². The van der Waals surface area contributed by atoms with E-state index in [-0.39, 0.29) is 5.41 Å². The Kier molecular flexibility index (Phi) is 4.26. The van der Waals surface area contributed by atoms with Gasteiger partial charge in [-0.05, 0) is 29.9 Å². The van der Waals surface area contributed by atoms with Crippen LogP contribution in [-0.4, -0.2) is 5.78 Å². The molecule has 1 nitrogen and oxygen atoms in total. The highest BCUT2D eigenvalue weighted by atomic mass is 32.1. The minimum Gasteiger partial charge on any atom is -0.293 e. The predicted molar refractivity (Wildman–Crippen MR) is 78.5 cm³/mol. The van der Waals surface area contributed by atoms with Gasteiger partial charge in [0.1, 0.15) is 0 Å². The van der Waals surface area contributed by atoms with Crippen molar-refractivity contribution in [1.82, 2.24) is 0 Å². The molecule has 0 atom stereocenters. The zero-order chi connectivity index (χ0) is 13.2. The molecule has 0 spiro atoms. The second kappa shape index (κ2) is 5.56. The summed E-state index contributed by atoms with van der Waals surface area (Å²) in [6.07, 6.45) is 7.25. The van der Waals surface area contributed by atoms with Gasteiger partial charge in [0.15, 0.2) is 5.78 Å². The van der Waals surface area contributed by atoms with Gasteiger partial charge in [0.2, 0.25) is 0 Å². The van der Waals surface area contributed by atoms with Gasteiger partial charge in [-0.1, -0.05) is 46.5 Å². The normalized spacial score (nSPS) is 17.3. The van der Waals surface area contributed by atoms with E-state index < -0.39 is 0 Å². The smallest absolute Gasteiger partial charge is 0.172 e. The fourth-order valence-corrected chi connectivity index (χ4v) is 3.68. The van der Waals surface area contributed by atoms with E-state index in [0.29, 0.717) is 5.78 Å². The molecule has 0 bridgehead atoms. The van der Waals surface area contributed by atoms with Gasteiger partial charge in [-0.3, -0.25) is 4.79 Å². The molecule has 1 fully saturated rings. The van der Waals surface area contributed by atoms with Crippen LogP contribution in [0.5, 0.6) is 0 Å². The molecule has 0 radical (unpaired) electrons. The maximum atomic E-state index is 12.2. The van der Waals surface area contributed by atoms with Gasteiger partial charge < -0.3 is 0 Å². The van der Waals surface area contributed by atoms with Gasteiger partial charge in [-0.2, -0.15) is 0 Å². The van der Waals surface area contributed by atoms with Crippen molar-refractivity contribution in [2.24, 2.45) is 5.92 Å². The molecular weight excluding hydrogens is 240 g/mol. The maximum absolute atomic E-state index is 12.2. The number of carbonyl (C=O) groups is 1. The van der Waals surface area contributed by atoms with Crippen molar-refractivity contribution in [1.29, 1.82) is 0 Å². The first-order chi connectivity index (χ1) is 8.47. The third kappa shape index (κ3) is 3.44. The topological polar surface area (TPSA) is 17.1 Å². The molecule has 2 rings (SSSR count). The van der Waals surface area contributed by atoms with Gasteiger partial charge in [0.25, 0.3) is 0 Å². The summed E-state index contributed by atoms with van der Waals surface area (Å²) in [6.45, 7) is 6.60. The van der Waals surface area contributed by atoms with E-state index in [9.17, 15) is 4.79 Å². The lowest BCUT2D eigenvalue weighted by molar-refractivity contribution is 0.0978. The van der Waals surface area contributed by atoms with Crippen LogP contribution in [-0.2, 0) is 5.41 Å². The molecule has 1 aliphatic rings. The van der Waals surface area contributed by atoms with Gasteiger partial charge in [-0.15, -0.1) is 11.3 Å². The summed E-state index contributed by atoms with van der Waals surface area (Å²) in [6, 6.07) is 4.13. The fourth-order valence-electron chi connectivity index (χ4n) is 2.65. The highest BCUT2D eigenvalue weighted by Crippen LogP contribution is 2.32. The summed E-state index contributed by atoms with van der Waals surface area (Å²) >= 11 is 1.68. The lowest BCUT2D eigenvalue weighted by Gasteiger charge is -2.15. The number of rotatable bonds is 4. The third-order valence-electron chi connectivity index (χ3n) is 3.87. The molecule has 0 saturated heterocycles. The van der Waals surface area contributed by atoms with Crippen LogP contribution in [0.3, 0.4) is 0 Å². The number of Topliss-reactive ketones (excluding diaryl/α,β-unsaturated/α-hetero) is 1. The van der Waals surface area contributed by atoms with Crippen LogP contribution in [0.15, 0.2) is 12.1 Å². The zero-order valence-electron chi connectivity index (χ0n) is 11.8. The summed E-state index contributed by atoms with van der Waals surface area (Å²) in [5.41, 5.74) is 0.161. The van der Waals surface area contributed by atoms with Gasteiger partial charge in [0, 0.05) is 11.3 Å². The van der Waals surface area contributed by atoms with Crippen LogP contribution in [0.1, 0.15) is 73.8 Å². The maximum Gasteiger partial charge on any atom is 0.172 e. The van der Waals surface area contributed by atoms with Gasteiger partial charge in [-0.25, -0.2) is 0 Å². The summed E-state index contributed by atoms with van der Waals surface area (Å²) < 4.78 is 0. The van der Waals surface area contributed by atoms with Crippen molar-refractivity contribution < 1.29 is 4.79 Å². The lowest BCUT2D eigenvalue weighted by Crippen LogP contribution is -2.08. The molecule has 1 aliphatic carbocycles. The monoisotopic (exact) mass is 264 g/mol. The Hall–Kier alpha value is -0.630. The summed E-state index contributed by atoms with van der Waals surface area (Å²) in [5, 5.41) is 0. The number of ketones is 1. The molecule has 0 unspecified atom stereocenters. The average Bonchev–Trinajstić information content (AvgIpc) is 2.96. The van der Waals surface area contributed by atoms with Crippen molar-refractivity contribution in [2.45, 2.75) is 64.7 Å². The Labute approximate surface area is 115 Å². The minimum absolute atomic E-state index is 0.161. The van der Waals surface area contributed by atoms with Crippen LogP contribution in [0.25, 0.3) is 0 Å². The number of carbonyl (C=O) groups excluding carboxylic acids is 1. The Morgan fingerprint density at radius 1 is 1.28 bits per heavy atom. The molecule has 2 heteroatoms. The highest BCUT2D eigenvalue weighted by Gasteiger charge is 2.20.